The Morgan fingerprint density at radius 2 is 2.23 bits per heavy atom. The molecule has 5 nitrogen and oxygen atoms in total. The molecule has 118 valence electrons. The lowest BCUT2D eigenvalue weighted by Gasteiger charge is -2.36. The zero-order valence-electron chi connectivity index (χ0n) is 13.2. The number of aliphatic hydroxyl groups is 1. The molecule has 2 unspecified atom stereocenters. The fraction of sp³-hybridized carbons (Fsp3) is 0.529. The normalized spacial score (nSPS) is 21.0. The highest BCUT2D eigenvalue weighted by molar-refractivity contribution is 5.53. The Labute approximate surface area is 131 Å². The van der Waals surface area contributed by atoms with E-state index in [0.29, 0.717) is 18.3 Å². The lowest BCUT2D eigenvalue weighted by molar-refractivity contribution is 0.0271. The highest BCUT2D eigenvalue weighted by Crippen LogP contribution is 2.23. The van der Waals surface area contributed by atoms with Gasteiger partial charge in [0, 0.05) is 11.6 Å². The summed E-state index contributed by atoms with van der Waals surface area (Å²) in [5.41, 5.74) is 2.12. The summed E-state index contributed by atoms with van der Waals surface area (Å²) in [5, 5.41) is 18.3. The fourth-order valence-corrected chi connectivity index (χ4v) is 3.15. The van der Waals surface area contributed by atoms with Crippen molar-refractivity contribution in [3.05, 3.63) is 35.7 Å². The molecule has 1 saturated heterocycles. The Bertz CT molecular complexity index is 624. The zero-order valence-corrected chi connectivity index (χ0v) is 13.2. The quantitative estimate of drug-likeness (QED) is 0.941. The molecule has 0 spiro atoms. The number of likely N-dealkylation sites (tertiary alicyclic amines) is 1. The highest BCUT2D eigenvalue weighted by Gasteiger charge is 2.27. The summed E-state index contributed by atoms with van der Waals surface area (Å²) < 4.78 is 5.81. The van der Waals surface area contributed by atoms with Crippen molar-refractivity contribution < 1.29 is 9.52 Å². The molecule has 1 aromatic carbocycles. The standard InChI is InChI=1S/C17H23N3O2/c1-12-6-5-7-14(10-12)17-19-18-16(22-17)11-20-9-4-3-8-15(20)13(2)21/h5-7,10,13,15,21H,3-4,8-9,11H2,1-2H3. The van der Waals surface area contributed by atoms with E-state index in [0.717, 1.165) is 24.9 Å². The number of aromatic nitrogens is 2. The maximum atomic E-state index is 9.93. The summed E-state index contributed by atoms with van der Waals surface area (Å²) in [6.07, 6.45) is 3.02. The molecule has 0 saturated carbocycles. The van der Waals surface area contributed by atoms with E-state index in [4.69, 9.17) is 4.42 Å². The third-order valence-electron chi connectivity index (χ3n) is 4.29. The Hall–Kier alpha value is -1.72. The van der Waals surface area contributed by atoms with Crippen LogP contribution in [0, 0.1) is 6.92 Å². The lowest BCUT2D eigenvalue weighted by Crippen LogP contribution is -2.45. The van der Waals surface area contributed by atoms with E-state index in [-0.39, 0.29) is 12.1 Å². The number of piperidine rings is 1. The van der Waals surface area contributed by atoms with E-state index in [2.05, 4.69) is 15.1 Å². The minimum absolute atomic E-state index is 0.183. The number of rotatable bonds is 4. The van der Waals surface area contributed by atoms with E-state index in [9.17, 15) is 5.11 Å². The molecular formula is C17H23N3O2. The number of benzene rings is 1. The first-order valence-electron chi connectivity index (χ1n) is 7.95. The lowest BCUT2D eigenvalue weighted by atomic mass is 9.98. The van der Waals surface area contributed by atoms with Crippen molar-refractivity contribution in [2.75, 3.05) is 6.54 Å². The van der Waals surface area contributed by atoms with Gasteiger partial charge in [-0.2, -0.15) is 0 Å². The molecule has 0 bridgehead atoms. The van der Waals surface area contributed by atoms with Crippen LogP contribution in [-0.2, 0) is 6.54 Å². The molecule has 22 heavy (non-hydrogen) atoms. The van der Waals surface area contributed by atoms with Crippen molar-refractivity contribution in [1.82, 2.24) is 15.1 Å². The first kappa shape index (κ1) is 15.2. The van der Waals surface area contributed by atoms with Gasteiger partial charge in [0.15, 0.2) is 0 Å². The van der Waals surface area contributed by atoms with Gasteiger partial charge >= 0.3 is 0 Å². The van der Waals surface area contributed by atoms with Gasteiger partial charge < -0.3 is 9.52 Å². The summed E-state index contributed by atoms with van der Waals surface area (Å²) in [5.74, 6) is 1.17. The number of aryl methyl sites for hydroxylation is 1. The summed E-state index contributed by atoms with van der Waals surface area (Å²) >= 11 is 0. The van der Waals surface area contributed by atoms with Gasteiger partial charge in [-0.3, -0.25) is 4.90 Å². The molecule has 1 aromatic heterocycles. The van der Waals surface area contributed by atoms with E-state index in [1.54, 1.807) is 0 Å². The molecule has 2 aromatic rings. The molecule has 3 rings (SSSR count). The molecule has 5 heteroatoms. The molecule has 0 radical (unpaired) electrons. The van der Waals surface area contributed by atoms with Crippen molar-refractivity contribution in [3.63, 3.8) is 0 Å². The van der Waals surface area contributed by atoms with Gasteiger partial charge in [-0.05, 0) is 45.4 Å². The summed E-state index contributed by atoms with van der Waals surface area (Å²) in [6.45, 7) is 5.48. The van der Waals surface area contributed by atoms with Crippen LogP contribution in [0.25, 0.3) is 11.5 Å². The second kappa shape index (κ2) is 6.58. The van der Waals surface area contributed by atoms with E-state index in [1.807, 2.05) is 38.1 Å². The average molecular weight is 301 g/mol. The van der Waals surface area contributed by atoms with Gasteiger partial charge in [0.05, 0.1) is 12.6 Å². The SMILES string of the molecule is Cc1cccc(-c2nnc(CN3CCCCC3C(C)O)o2)c1. The van der Waals surface area contributed by atoms with Crippen LogP contribution in [0.15, 0.2) is 28.7 Å². The fourth-order valence-electron chi connectivity index (χ4n) is 3.15. The third kappa shape index (κ3) is 3.36. The smallest absolute Gasteiger partial charge is 0.247 e. The monoisotopic (exact) mass is 301 g/mol. The van der Waals surface area contributed by atoms with Gasteiger partial charge in [0.1, 0.15) is 0 Å². The third-order valence-corrected chi connectivity index (χ3v) is 4.29. The van der Waals surface area contributed by atoms with Crippen LogP contribution < -0.4 is 0 Å². The molecule has 1 aliphatic rings. The van der Waals surface area contributed by atoms with Crippen molar-refractivity contribution in [3.8, 4) is 11.5 Å². The molecule has 0 aliphatic carbocycles. The maximum absolute atomic E-state index is 9.93. The Morgan fingerprint density at radius 1 is 1.36 bits per heavy atom. The Morgan fingerprint density at radius 3 is 3.00 bits per heavy atom. The van der Waals surface area contributed by atoms with Crippen molar-refractivity contribution in [2.24, 2.45) is 0 Å². The summed E-state index contributed by atoms with van der Waals surface area (Å²) in [4.78, 5) is 2.25. The highest BCUT2D eigenvalue weighted by atomic mass is 16.4. The predicted molar refractivity (Wildman–Crippen MR) is 84.2 cm³/mol. The zero-order chi connectivity index (χ0) is 15.5. The Balaban J connectivity index is 1.73. The molecule has 2 atom stereocenters. The molecule has 1 aliphatic heterocycles. The largest absolute Gasteiger partial charge is 0.419 e. The predicted octanol–water partition coefficient (Wildman–Crippen LogP) is 2.78. The average Bonchev–Trinajstić information content (AvgIpc) is 2.96. The van der Waals surface area contributed by atoms with Crippen LogP contribution in [0.2, 0.25) is 0 Å². The van der Waals surface area contributed by atoms with E-state index in [1.165, 1.54) is 12.0 Å². The minimum atomic E-state index is -0.334. The first-order valence-corrected chi connectivity index (χ1v) is 7.95. The topological polar surface area (TPSA) is 62.4 Å². The van der Waals surface area contributed by atoms with E-state index >= 15 is 0 Å². The van der Waals surface area contributed by atoms with Gasteiger partial charge in [-0.1, -0.05) is 24.1 Å². The van der Waals surface area contributed by atoms with Crippen LogP contribution in [0.4, 0.5) is 0 Å². The van der Waals surface area contributed by atoms with Gasteiger partial charge in [-0.25, -0.2) is 0 Å². The number of nitrogens with zero attached hydrogens (tertiary/aromatic N) is 3. The molecule has 2 heterocycles. The summed E-state index contributed by atoms with van der Waals surface area (Å²) in [6, 6.07) is 8.23. The number of hydrogen-bond acceptors (Lipinski definition) is 5. The van der Waals surface area contributed by atoms with Crippen LogP contribution in [0.5, 0.6) is 0 Å². The second-order valence-corrected chi connectivity index (χ2v) is 6.14. The maximum Gasteiger partial charge on any atom is 0.247 e. The molecule has 1 N–H and O–H groups in total. The molecule has 0 amide bonds. The van der Waals surface area contributed by atoms with Crippen LogP contribution >= 0.6 is 0 Å². The molecular weight excluding hydrogens is 278 g/mol. The van der Waals surface area contributed by atoms with Crippen molar-refractivity contribution in [2.45, 2.75) is 51.8 Å². The number of aliphatic hydroxyl groups excluding tert-OH is 1. The summed E-state index contributed by atoms with van der Waals surface area (Å²) in [7, 11) is 0. The van der Waals surface area contributed by atoms with Crippen molar-refractivity contribution >= 4 is 0 Å². The van der Waals surface area contributed by atoms with Crippen LogP contribution in [0.3, 0.4) is 0 Å². The van der Waals surface area contributed by atoms with Gasteiger partial charge in [0.2, 0.25) is 11.8 Å². The van der Waals surface area contributed by atoms with Gasteiger partial charge in [0.25, 0.3) is 0 Å². The molecule has 1 fully saturated rings. The second-order valence-electron chi connectivity index (χ2n) is 6.14. The van der Waals surface area contributed by atoms with Crippen molar-refractivity contribution in [1.29, 1.82) is 0 Å². The Kier molecular flexibility index (Phi) is 4.55. The van der Waals surface area contributed by atoms with Gasteiger partial charge in [-0.15, -0.1) is 10.2 Å². The van der Waals surface area contributed by atoms with Crippen LogP contribution in [0.1, 0.15) is 37.6 Å². The first-order chi connectivity index (χ1) is 10.6. The minimum Gasteiger partial charge on any atom is -0.419 e. The number of hydrogen-bond donors (Lipinski definition) is 1. The van der Waals surface area contributed by atoms with Crippen LogP contribution in [-0.4, -0.2) is 38.9 Å². The van der Waals surface area contributed by atoms with E-state index < -0.39 is 0 Å².